The molecule has 1 fully saturated rings. The summed E-state index contributed by atoms with van der Waals surface area (Å²) in [4.78, 5) is 7.61. The van der Waals surface area contributed by atoms with Gasteiger partial charge in [-0.1, -0.05) is 50.6 Å². The van der Waals surface area contributed by atoms with Gasteiger partial charge in [-0.15, -0.1) is 0 Å². The number of rotatable bonds is 2. The van der Waals surface area contributed by atoms with Gasteiger partial charge in [-0.05, 0) is 73.2 Å². The zero-order valence-electron chi connectivity index (χ0n) is 22.3. The number of ether oxygens (including phenoxy) is 1. The minimum absolute atomic E-state index is 0.0273. The Morgan fingerprint density at radius 1 is 0.811 bits per heavy atom. The Hall–Kier alpha value is -3.16. The second-order valence-corrected chi connectivity index (χ2v) is 13.0. The van der Waals surface area contributed by atoms with Gasteiger partial charge in [0.05, 0.1) is 10.5 Å². The summed E-state index contributed by atoms with van der Waals surface area (Å²) >= 11 is 0. The first kappa shape index (κ1) is 25.5. The average molecular weight is 518 g/mol. The van der Waals surface area contributed by atoms with E-state index in [0.717, 1.165) is 45.3 Å². The molecular formula is C30H35N3O3S. The van der Waals surface area contributed by atoms with E-state index in [1.54, 1.807) is 16.4 Å². The van der Waals surface area contributed by atoms with Crippen LogP contribution in [0.2, 0.25) is 0 Å². The van der Waals surface area contributed by atoms with Crippen LogP contribution in [-0.2, 0) is 15.4 Å². The fraction of sp³-hybridized carbons (Fsp3) is 0.367. The van der Waals surface area contributed by atoms with Crippen molar-refractivity contribution >= 4 is 21.5 Å². The van der Waals surface area contributed by atoms with Crippen LogP contribution in [0.4, 0.5) is 5.69 Å². The topological polar surface area (TPSA) is 62.2 Å². The molecule has 0 amide bonds. The predicted molar refractivity (Wildman–Crippen MR) is 149 cm³/mol. The Kier molecular flexibility index (Phi) is 6.62. The van der Waals surface area contributed by atoms with Crippen LogP contribution < -0.4 is 4.74 Å². The van der Waals surface area contributed by atoms with Crippen LogP contribution in [-0.4, -0.2) is 49.6 Å². The van der Waals surface area contributed by atoms with Crippen molar-refractivity contribution in [2.24, 2.45) is 4.99 Å². The van der Waals surface area contributed by atoms with E-state index in [1.807, 2.05) is 49.4 Å². The van der Waals surface area contributed by atoms with E-state index in [0.29, 0.717) is 37.5 Å². The van der Waals surface area contributed by atoms with Crippen molar-refractivity contribution in [1.29, 1.82) is 0 Å². The number of hydrogen-bond donors (Lipinski definition) is 0. The zero-order valence-corrected chi connectivity index (χ0v) is 23.1. The van der Waals surface area contributed by atoms with Gasteiger partial charge in [-0.2, -0.15) is 4.31 Å². The molecule has 2 aliphatic rings. The molecule has 0 unspecified atom stereocenters. The molecule has 3 aromatic carbocycles. The summed E-state index contributed by atoms with van der Waals surface area (Å²) in [5.74, 6) is 2.33. The number of aryl methyl sites for hydroxylation is 2. The monoisotopic (exact) mass is 517 g/mol. The van der Waals surface area contributed by atoms with Gasteiger partial charge in [-0.25, -0.2) is 13.4 Å². The minimum Gasteiger partial charge on any atom is -0.454 e. The largest absolute Gasteiger partial charge is 0.454 e. The number of aliphatic imine (C=N–C) groups is 1. The molecule has 3 aromatic rings. The summed E-state index contributed by atoms with van der Waals surface area (Å²) < 4.78 is 35.0. The molecule has 0 N–H and O–H groups in total. The highest BCUT2D eigenvalue weighted by Gasteiger charge is 2.30. The Morgan fingerprint density at radius 2 is 1.51 bits per heavy atom. The first-order valence-electron chi connectivity index (χ1n) is 12.9. The lowest BCUT2D eigenvalue weighted by molar-refractivity contribution is 0.407. The molecular weight excluding hydrogens is 482 g/mol. The van der Waals surface area contributed by atoms with Crippen LogP contribution in [0.15, 0.2) is 70.6 Å². The van der Waals surface area contributed by atoms with E-state index in [2.05, 4.69) is 38.7 Å². The van der Waals surface area contributed by atoms with Crippen LogP contribution in [0.25, 0.3) is 0 Å². The summed E-state index contributed by atoms with van der Waals surface area (Å²) in [6.45, 7) is 12.6. The maximum atomic E-state index is 13.5. The number of amidine groups is 1. The van der Waals surface area contributed by atoms with E-state index in [4.69, 9.17) is 9.73 Å². The molecule has 6 nitrogen and oxygen atoms in total. The third-order valence-corrected chi connectivity index (χ3v) is 8.96. The van der Waals surface area contributed by atoms with Gasteiger partial charge in [0, 0.05) is 26.2 Å². The lowest BCUT2D eigenvalue weighted by atomic mass is 9.87. The maximum Gasteiger partial charge on any atom is 0.243 e. The van der Waals surface area contributed by atoms with Gasteiger partial charge in [0.2, 0.25) is 10.0 Å². The molecule has 2 heterocycles. The molecule has 0 atom stereocenters. The van der Waals surface area contributed by atoms with Gasteiger partial charge in [-0.3, -0.25) is 0 Å². The third kappa shape index (κ3) is 5.15. The molecule has 194 valence electrons. The Balaban J connectivity index is 1.44. The van der Waals surface area contributed by atoms with Crippen LogP contribution in [0.3, 0.4) is 0 Å². The van der Waals surface area contributed by atoms with Crippen molar-refractivity contribution in [2.75, 3.05) is 26.2 Å². The van der Waals surface area contributed by atoms with Crippen molar-refractivity contribution in [3.05, 3.63) is 82.9 Å². The summed E-state index contributed by atoms with van der Waals surface area (Å²) in [5, 5.41) is 0. The molecule has 5 rings (SSSR count). The average Bonchev–Trinajstić information content (AvgIpc) is 3.19. The molecule has 2 aliphatic heterocycles. The van der Waals surface area contributed by atoms with Crippen molar-refractivity contribution in [2.45, 2.75) is 51.3 Å². The fourth-order valence-electron chi connectivity index (χ4n) is 4.86. The molecule has 0 radical (unpaired) electrons. The number of nitrogens with zero attached hydrogens (tertiary/aromatic N) is 3. The smallest absolute Gasteiger partial charge is 0.243 e. The third-order valence-electron chi connectivity index (χ3n) is 7.05. The molecule has 37 heavy (non-hydrogen) atoms. The molecule has 0 saturated carbocycles. The second kappa shape index (κ2) is 9.62. The van der Waals surface area contributed by atoms with Gasteiger partial charge in [0.1, 0.15) is 17.3 Å². The van der Waals surface area contributed by atoms with Crippen molar-refractivity contribution in [3.63, 3.8) is 0 Å². The molecule has 1 saturated heterocycles. The lowest BCUT2D eigenvalue weighted by Crippen LogP contribution is -2.37. The molecule has 0 bridgehead atoms. The highest BCUT2D eigenvalue weighted by atomic mass is 32.2. The SMILES string of the molecule is Cc1ccc2c(c1)Oc1ccc(C)cc1C(N1CCCN(S(=O)(=O)c3ccc(C(C)(C)C)cc3)CC1)=N2. The number of benzene rings is 3. The zero-order chi connectivity index (χ0) is 26.4. The van der Waals surface area contributed by atoms with E-state index in [9.17, 15) is 8.42 Å². The Morgan fingerprint density at radius 3 is 2.24 bits per heavy atom. The number of hydrogen-bond acceptors (Lipinski definition) is 5. The second-order valence-electron chi connectivity index (χ2n) is 11.0. The first-order valence-corrected chi connectivity index (χ1v) is 14.3. The van der Waals surface area contributed by atoms with Crippen LogP contribution in [0, 0.1) is 13.8 Å². The standard InChI is InChI=1S/C30H35N3O3S/c1-21-8-14-27-25(19-21)29(31-26-13-7-22(2)20-28(26)36-27)32-15-6-16-33(18-17-32)37(34,35)24-11-9-23(10-12-24)30(3,4)5/h7-14,19-20H,6,15-18H2,1-5H3. The van der Waals surface area contributed by atoms with Crippen molar-refractivity contribution in [1.82, 2.24) is 9.21 Å². The molecule has 0 aliphatic carbocycles. The normalized spacial score (nSPS) is 16.7. The van der Waals surface area contributed by atoms with E-state index >= 15 is 0 Å². The minimum atomic E-state index is -3.59. The summed E-state index contributed by atoms with van der Waals surface area (Å²) in [6, 6.07) is 19.5. The van der Waals surface area contributed by atoms with Crippen LogP contribution >= 0.6 is 0 Å². The van der Waals surface area contributed by atoms with Gasteiger partial charge in [0.25, 0.3) is 0 Å². The Labute approximate surface area is 220 Å². The van der Waals surface area contributed by atoms with Crippen LogP contribution in [0.1, 0.15) is 49.4 Å². The summed E-state index contributed by atoms with van der Waals surface area (Å²) in [7, 11) is -3.59. The highest BCUT2D eigenvalue weighted by molar-refractivity contribution is 7.89. The number of fused-ring (bicyclic) bond motifs is 2. The maximum absolute atomic E-state index is 13.5. The summed E-state index contributed by atoms with van der Waals surface area (Å²) in [6.07, 6.45) is 0.709. The predicted octanol–water partition coefficient (Wildman–Crippen LogP) is 6.18. The van der Waals surface area contributed by atoms with Gasteiger partial charge >= 0.3 is 0 Å². The van der Waals surface area contributed by atoms with Crippen LogP contribution in [0.5, 0.6) is 11.5 Å². The molecule has 0 aromatic heterocycles. The van der Waals surface area contributed by atoms with Gasteiger partial charge < -0.3 is 9.64 Å². The number of sulfonamides is 1. The first-order chi connectivity index (χ1) is 17.5. The van der Waals surface area contributed by atoms with E-state index in [-0.39, 0.29) is 5.41 Å². The molecule has 7 heteroatoms. The lowest BCUT2D eigenvalue weighted by Gasteiger charge is -2.25. The van der Waals surface area contributed by atoms with E-state index in [1.165, 1.54) is 0 Å². The van der Waals surface area contributed by atoms with Crippen molar-refractivity contribution < 1.29 is 13.2 Å². The summed E-state index contributed by atoms with van der Waals surface area (Å²) in [5.41, 5.74) is 5.03. The molecule has 0 spiro atoms. The van der Waals surface area contributed by atoms with E-state index < -0.39 is 10.0 Å². The van der Waals surface area contributed by atoms with Gasteiger partial charge in [0.15, 0.2) is 5.75 Å². The fourth-order valence-corrected chi connectivity index (χ4v) is 6.33. The Bertz CT molecular complexity index is 1450. The quantitative estimate of drug-likeness (QED) is 0.407. The van der Waals surface area contributed by atoms with Crippen molar-refractivity contribution in [3.8, 4) is 11.5 Å². The highest BCUT2D eigenvalue weighted by Crippen LogP contribution is 2.39.